The Kier molecular flexibility index (Phi) is 4.77. The Morgan fingerprint density at radius 3 is 2.38 bits per heavy atom. The Hall–Kier alpha value is -2.55. The van der Waals surface area contributed by atoms with Crippen LogP contribution < -0.4 is 0 Å². The molecule has 2 aromatic carbocycles. The minimum absolute atomic E-state index is 0.00537. The summed E-state index contributed by atoms with van der Waals surface area (Å²) in [6.07, 6.45) is 6.60. The number of unbranched alkanes of at least 4 members (excludes halogenated alkanes) is 1. The van der Waals surface area contributed by atoms with E-state index in [-0.39, 0.29) is 11.5 Å². The van der Waals surface area contributed by atoms with Crippen LogP contribution in [0.3, 0.4) is 0 Å². The van der Waals surface area contributed by atoms with Gasteiger partial charge in [-0.25, -0.2) is 0 Å². The molecule has 0 saturated carbocycles. The van der Waals surface area contributed by atoms with E-state index in [0.29, 0.717) is 16.7 Å². The molecular formula is C18H18O3. The van der Waals surface area contributed by atoms with E-state index in [2.05, 4.69) is 6.92 Å². The number of aldehydes is 1. The summed E-state index contributed by atoms with van der Waals surface area (Å²) in [6.45, 7) is 2.09. The van der Waals surface area contributed by atoms with Crippen LogP contribution in [0.15, 0.2) is 42.5 Å². The lowest BCUT2D eigenvalue weighted by molar-refractivity contribution is 0.112. The molecule has 3 heteroatoms. The lowest BCUT2D eigenvalue weighted by Crippen LogP contribution is -1.86. The quantitative estimate of drug-likeness (QED) is 0.799. The van der Waals surface area contributed by atoms with Crippen molar-refractivity contribution in [2.24, 2.45) is 0 Å². The van der Waals surface area contributed by atoms with Gasteiger partial charge in [-0.3, -0.25) is 4.79 Å². The molecule has 0 aromatic heterocycles. The highest BCUT2D eigenvalue weighted by atomic mass is 16.3. The smallest absolute Gasteiger partial charge is 0.150 e. The van der Waals surface area contributed by atoms with Crippen LogP contribution in [0.2, 0.25) is 0 Å². The maximum Gasteiger partial charge on any atom is 0.150 e. The highest BCUT2D eigenvalue weighted by Gasteiger charge is 2.11. The molecule has 3 nitrogen and oxygen atoms in total. The topological polar surface area (TPSA) is 57.5 Å². The first-order chi connectivity index (χ1) is 10.2. The van der Waals surface area contributed by atoms with Gasteiger partial charge in [-0.05, 0) is 35.7 Å². The standard InChI is InChI=1S/C18H18O3/c1-2-3-4-6-13-10-16(20)18(17(21)11-13)15-8-5-7-14(9-15)12-19/h4-12,20-21H,2-3H2,1H3. The van der Waals surface area contributed by atoms with Crippen LogP contribution in [0.1, 0.15) is 35.7 Å². The van der Waals surface area contributed by atoms with Crippen LogP contribution in [0.5, 0.6) is 11.5 Å². The summed E-state index contributed by atoms with van der Waals surface area (Å²) in [7, 11) is 0. The zero-order valence-electron chi connectivity index (χ0n) is 11.9. The summed E-state index contributed by atoms with van der Waals surface area (Å²) in [5.41, 5.74) is 2.19. The fourth-order valence-corrected chi connectivity index (χ4v) is 2.18. The highest BCUT2D eigenvalue weighted by Crippen LogP contribution is 2.38. The summed E-state index contributed by atoms with van der Waals surface area (Å²) in [6, 6.07) is 9.98. The molecule has 0 fully saturated rings. The second kappa shape index (κ2) is 6.75. The van der Waals surface area contributed by atoms with Crippen LogP contribution in [0.4, 0.5) is 0 Å². The molecule has 0 radical (unpaired) electrons. The molecule has 0 spiro atoms. The summed E-state index contributed by atoms with van der Waals surface area (Å²) in [5.74, 6) is -0.0107. The van der Waals surface area contributed by atoms with Crippen molar-refractivity contribution < 1.29 is 15.0 Å². The zero-order valence-corrected chi connectivity index (χ0v) is 11.9. The molecule has 0 atom stereocenters. The Balaban J connectivity index is 2.43. The van der Waals surface area contributed by atoms with Crippen molar-refractivity contribution in [3.8, 4) is 22.6 Å². The van der Waals surface area contributed by atoms with E-state index in [1.807, 2.05) is 12.2 Å². The molecule has 2 N–H and O–H groups in total. The van der Waals surface area contributed by atoms with Crippen molar-refractivity contribution in [1.29, 1.82) is 0 Å². The van der Waals surface area contributed by atoms with Crippen LogP contribution in [0, 0.1) is 0 Å². The first kappa shape index (κ1) is 14.9. The first-order valence-corrected chi connectivity index (χ1v) is 6.94. The second-order valence-electron chi connectivity index (χ2n) is 4.87. The first-order valence-electron chi connectivity index (χ1n) is 6.94. The van der Waals surface area contributed by atoms with E-state index in [9.17, 15) is 15.0 Å². The Morgan fingerprint density at radius 1 is 1.05 bits per heavy atom. The fraction of sp³-hybridized carbons (Fsp3) is 0.167. The van der Waals surface area contributed by atoms with Gasteiger partial charge in [-0.2, -0.15) is 0 Å². The number of rotatable bonds is 5. The third kappa shape index (κ3) is 3.51. The van der Waals surface area contributed by atoms with Gasteiger partial charge in [0.05, 0.1) is 5.56 Å². The second-order valence-corrected chi connectivity index (χ2v) is 4.87. The minimum atomic E-state index is -0.00537. The predicted octanol–water partition coefficient (Wildman–Crippen LogP) is 4.39. The van der Waals surface area contributed by atoms with Gasteiger partial charge in [0.25, 0.3) is 0 Å². The summed E-state index contributed by atoms with van der Waals surface area (Å²) < 4.78 is 0. The van der Waals surface area contributed by atoms with Gasteiger partial charge < -0.3 is 10.2 Å². The molecule has 0 amide bonds. The molecule has 0 saturated heterocycles. The maximum absolute atomic E-state index is 10.8. The van der Waals surface area contributed by atoms with E-state index in [1.165, 1.54) is 0 Å². The van der Waals surface area contributed by atoms with Crippen LogP contribution >= 0.6 is 0 Å². The number of hydrogen-bond donors (Lipinski definition) is 2. The van der Waals surface area contributed by atoms with Crippen LogP contribution in [-0.4, -0.2) is 16.5 Å². The number of carbonyl (C=O) groups is 1. The Morgan fingerprint density at radius 2 is 1.76 bits per heavy atom. The zero-order chi connectivity index (χ0) is 15.2. The van der Waals surface area contributed by atoms with Crippen molar-refractivity contribution in [3.63, 3.8) is 0 Å². The number of phenols is 2. The van der Waals surface area contributed by atoms with Gasteiger partial charge in [0.1, 0.15) is 17.8 Å². The average Bonchev–Trinajstić information content (AvgIpc) is 2.47. The molecule has 21 heavy (non-hydrogen) atoms. The molecule has 0 aliphatic heterocycles. The minimum Gasteiger partial charge on any atom is -0.507 e. The molecule has 0 unspecified atom stereocenters. The molecule has 0 aliphatic carbocycles. The van der Waals surface area contributed by atoms with E-state index >= 15 is 0 Å². The predicted molar refractivity (Wildman–Crippen MR) is 84.5 cm³/mol. The van der Waals surface area contributed by atoms with E-state index < -0.39 is 0 Å². The third-order valence-electron chi connectivity index (χ3n) is 3.20. The fourth-order valence-electron chi connectivity index (χ4n) is 2.18. The average molecular weight is 282 g/mol. The van der Waals surface area contributed by atoms with E-state index in [1.54, 1.807) is 36.4 Å². The lowest BCUT2D eigenvalue weighted by Gasteiger charge is -2.09. The lowest BCUT2D eigenvalue weighted by atomic mass is 9.99. The number of allylic oxidation sites excluding steroid dienone is 1. The number of aromatic hydroxyl groups is 2. The van der Waals surface area contributed by atoms with Crippen molar-refractivity contribution >= 4 is 12.4 Å². The van der Waals surface area contributed by atoms with E-state index in [4.69, 9.17) is 0 Å². The largest absolute Gasteiger partial charge is 0.507 e. The van der Waals surface area contributed by atoms with Crippen molar-refractivity contribution in [2.45, 2.75) is 19.8 Å². The van der Waals surface area contributed by atoms with Gasteiger partial charge in [0, 0.05) is 5.56 Å². The Bertz CT molecular complexity index is 649. The number of hydrogen-bond acceptors (Lipinski definition) is 3. The normalized spacial score (nSPS) is 10.9. The molecule has 2 aromatic rings. The van der Waals surface area contributed by atoms with Crippen molar-refractivity contribution in [1.82, 2.24) is 0 Å². The maximum atomic E-state index is 10.8. The molecule has 0 heterocycles. The summed E-state index contributed by atoms with van der Waals surface area (Å²) in [4.78, 5) is 10.8. The van der Waals surface area contributed by atoms with Gasteiger partial charge in [0.2, 0.25) is 0 Å². The molecule has 0 bridgehead atoms. The summed E-state index contributed by atoms with van der Waals surface area (Å²) >= 11 is 0. The molecular weight excluding hydrogens is 264 g/mol. The number of benzene rings is 2. The van der Waals surface area contributed by atoms with Crippen LogP contribution in [-0.2, 0) is 0 Å². The molecule has 108 valence electrons. The Labute approximate surface area is 124 Å². The summed E-state index contributed by atoms with van der Waals surface area (Å²) in [5, 5.41) is 20.3. The SMILES string of the molecule is CCCC=Cc1cc(O)c(-c2cccc(C=O)c2)c(O)c1. The van der Waals surface area contributed by atoms with Crippen LogP contribution in [0.25, 0.3) is 17.2 Å². The molecule has 2 rings (SSSR count). The molecule has 0 aliphatic rings. The van der Waals surface area contributed by atoms with Crippen molar-refractivity contribution in [2.75, 3.05) is 0 Å². The monoisotopic (exact) mass is 282 g/mol. The highest BCUT2D eigenvalue weighted by molar-refractivity contribution is 5.83. The van der Waals surface area contributed by atoms with Gasteiger partial charge in [-0.1, -0.05) is 43.7 Å². The number of phenolic OH excluding ortho intramolecular Hbond substituents is 2. The van der Waals surface area contributed by atoms with Gasteiger partial charge in [0.15, 0.2) is 0 Å². The number of carbonyl (C=O) groups excluding carboxylic acids is 1. The van der Waals surface area contributed by atoms with E-state index in [0.717, 1.165) is 24.7 Å². The van der Waals surface area contributed by atoms with Gasteiger partial charge in [-0.15, -0.1) is 0 Å². The van der Waals surface area contributed by atoms with Crippen molar-refractivity contribution in [3.05, 3.63) is 53.6 Å². The third-order valence-corrected chi connectivity index (χ3v) is 3.20. The van der Waals surface area contributed by atoms with Gasteiger partial charge >= 0.3 is 0 Å².